The van der Waals surface area contributed by atoms with Crippen LogP contribution < -0.4 is 4.74 Å². The molecule has 3 aromatic rings. The summed E-state index contributed by atoms with van der Waals surface area (Å²) < 4.78 is 10.8. The Hall–Kier alpha value is -3.21. The summed E-state index contributed by atoms with van der Waals surface area (Å²) in [5.74, 6) is 2.59. The van der Waals surface area contributed by atoms with Crippen LogP contribution in [-0.2, 0) is 16.8 Å². The molecule has 0 saturated heterocycles. The fourth-order valence-corrected chi connectivity index (χ4v) is 5.63. The summed E-state index contributed by atoms with van der Waals surface area (Å²) in [5, 5.41) is 0. The average Bonchev–Trinajstić information content (AvgIpc) is 3.46. The standard InChI is InChI=1S/C26H26N2O3/c1-30-25(29)19-4-7-20(8-5-19)26(16-18-3-6-22(26)15-18)21-9-11-23(12-10-21)31-17-24-27-13-2-14-28-24/h2,4-5,7-14,18,22H,3,6,15-17H2,1H3/t18?,22-,26+/m1/s1. The number of benzene rings is 2. The van der Waals surface area contributed by atoms with Crippen LogP contribution in [0.5, 0.6) is 5.75 Å². The highest BCUT2D eigenvalue weighted by atomic mass is 16.5. The number of carbonyl (C=O) groups excluding carboxylic acids is 1. The molecule has 158 valence electrons. The van der Waals surface area contributed by atoms with E-state index in [1.165, 1.54) is 37.5 Å². The summed E-state index contributed by atoms with van der Waals surface area (Å²) in [6.07, 6.45) is 8.46. The van der Waals surface area contributed by atoms with Crippen molar-refractivity contribution in [3.05, 3.63) is 89.5 Å². The predicted molar refractivity (Wildman–Crippen MR) is 117 cm³/mol. The van der Waals surface area contributed by atoms with Crippen LogP contribution >= 0.6 is 0 Å². The van der Waals surface area contributed by atoms with E-state index in [1.54, 1.807) is 18.5 Å². The molecule has 2 fully saturated rings. The van der Waals surface area contributed by atoms with Crippen molar-refractivity contribution in [1.29, 1.82) is 0 Å². The van der Waals surface area contributed by atoms with Crippen molar-refractivity contribution in [2.75, 3.05) is 7.11 Å². The molecule has 3 atom stereocenters. The molecule has 0 amide bonds. The third-order valence-electron chi connectivity index (χ3n) is 7.03. The van der Waals surface area contributed by atoms with Crippen LogP contribution in [0.4, 0.5) is 0 Å². The van der Waals surface area contributed by atoms with Crippen molar-refractivity contribution in [2.45, 2.75) is 37.7 Å². The minimum atomic E-state index is -0.294. The van der Waals surface area contributed by atoms with Crippen LogP contribution in [0.15, 0.2) is 67.0 Å². The number of nitrogens with zero attached hydrogens (tertiary/aromatic N) is 2. The number of esters is 1. The second-order valence-corrected chi connectivity index (χ2v) is 8.60. The van der Waals surface area contributed by atoms with Gasteiger partial charge < -0.3 is 9.47 Å². The molecule has 2 aromatic carbocycles. The normalized spacial score (nSPS) is 24.2. The van der Waals surface area contributed by atoms with Crippen LogP contribution in [0.2, 0.25) is 0 Å². The van der Waals surface area contributed by atoms with Gasteiger partial charge in [0.05, 0.1) is 12.7 Å². The number of fused-ring (bicyclic) bond motifs is 2. The Morgan fingerprint density at radius 1 is 1.00 bits per heavy atom. The first kappa shape index (κ1) is 19.7. The van der Waals surface area contributed by atoms with Gasteiger partial charge >= 0.3 is 5.97 Å². The minimum absolute atomic E-state index is 0.00135. The molecule has 2 bridgehead atoms. The molecule has 1 unspecified atom stereocenters. The summed E-state index contributed by atoms with van der Waals surface area (Å²) in [4.78, 5) is 20.3. The summed E-state index contributed by atoms with van der Waals surface area (Å²) >= 11 is 0. The Bertz CT molecular complexity index is 1050. The second-order valence-electron chi connectivity index (χ2n) is 8.60. The molecular weight excluding hydrogens is 388 g/mol. The van der Waals surface area contributed by atoms with Crippen molar-refractivity contribution in [2.24, 2.45) is 11.8 Å². The summed E-state index contributed by atoms with van der Waals surface area (Å²) in [6, 6.07) is 18.3. The number of hydrogen-bond donors (Lipinski definition) is 0. The molecule has 5 nitrogen and oxygen atoms in total. The van der Waals surface area contributed by atoms with Crippen LogP contribution in [0, 0.1) is 11.8 Å². The second kappa shape index (κ2) is 8.14. The molecule has 0 aliphatic heterocycles. The van der Waals surface area contributed by atoms with Gasteiger partial charge in [0.1, 0.15) is 12.4 Å². The number of methoxy groups -OCH3 is 1. The highest BCUT2D eigenvalue weighted by Gasteiger charge is 2.52. The van der Waals surface area contributed by atoms with Gasteiger partial charge in [0.15, 0.2) is 5.82 Å². The van der Waals surface area contributed by atoms with Crippen molar-refractivity contribution in [3.8, 4) is 5.75 Å². The van der Waals surface area contributed by atoms with Gasteiger partial charge in [0, 0.05) is 17.8 Å². The van der Waals surface area contributed by atoms with E-state index in [2.05, 4.69) is 46.4 Å². The van der Waals surface area contributed by atoms with E-state index in [4.69, 9.17) is 9.47 Å². The third kappa shape index (κ3) is 3.58. The Morgan fingerprint density at radius 3 is 2.26 bits per heavy atom. The van der Waals surface area contributed by atoms with Gasteiger partial charge in [0.25, 0.3) is 0 Å². The maximum atomic E-state index is 11.9. The number of ether oxygens (including phenoxy) is 2. The van der Waals surface area contributed by atoms with Gasteiger partial charge in [-0.3, -0.25) is 0 Å². The third-order valence-corrected chi connectivity index (χ3v) is 7.03. The first-order chi connectivity index (χ1) is 15.2. The van der Waals surface area contributed by atoms with Crippen LogP contribution in [0.3, 0.4) is 0 Å². The molecule has 0 spiro atoms. The monoisotopic (exact) mass is 414 g/mol. The molecule has 1 aromatic heterocycles. The largest absolute Gasteiger partial charge is 0.486 e. The molecule has 5 rings (SSSR count). The zero-order valence-electron chi connectivity index (χ0n) is 17.7. The summed E-state index contributed by atoms with van der Waals surface area (Å²) in [7, 11) is 1.42. The zero-order chi connectivity index (χ0) is 21.3. The molecule has 1 heterocycles. The van der Waals surface area contributed by atoms with E-state index in [9.17, 15) is 4.79 Å². The molecule has 0 radical (unpaired) electrons. The maximum absolute atomic E-state index is 11.9. The number of rotatable bonds is 6. The van der Waals surface area contributed by atoms with Gasteiger partial charge in [-0.05, 0) is 72.6 Å². The quantitative estimate of drug-likeness (QED) is 0.534. The molecule has 2 saturated carbocycles. The lowest BCUT2D eigenvalue weighted by molar-refractivity contribution is 0.0600. The van der Waals surface area contributed by atoms with Gasteiger partial charge in [-0.2, -0.15) is 0 Å². The SMILES string of the molecule is COC(=O)c1ccc([C@]2(c3ccc(OCc4ncccn4)cc3)CC3CC[C@@H]2C3)cc1. The zero-order valence-corrected chi connectivity index (χ0v) is 17.7. The Labute approximate surface area is 182 Å². The van der Waals surface area contributed by atoms with Gasteiger partial charge in [0.2, 0.25) is 0 Å². The average molecular weight is 415 g/mol. The van der Waals surface area contributed by atoms with E-state index < -0.39 is 0 Å². The van der Waals surface area contributed by atoms with E-state index in [0.29, 0.717) is 23.9 Å². The Balaban J connectivity index is 1.42. The number of aromatic nitrogens is 2. The lowest BCUT2D eigenvalue weighted by Crippen LogP contribution is -2.34. The number of carbonyl (C=O) groups is 1. The summed E-state index contributed by atoms with van der Waals surface area (Å²) in [5.41, 5.74) is 3.21. The van der Waals surface area contributed by atoms with E-state index >= 15 is 0 Å². The Morgan fingerprint density at radius 2 is 1.68 bits per heavy atom. The lowest BCUT2D eigenvalue weighted by Gasteiger charge is -2.39. The maximum Gasteiger partial charge on any atom is 0.337 e. The smallest absolute Gasteiger partial charge is 0.337 e. The van der Waals surface area contributed by atoms with Gasteiger partial charge in [-0.1, -0.05) is 30.7 Å². The lowest BCUT2D eigenvalue weighted by atomic mass is 9.64. The van der Waals surface area contributed by atoms with Crippen molar-refractivity contribution in [1.82, 2.24) is 9.97 Å². The minimum Gasteiger partial charge on any atom is -0.486 e. The highest BCUT2D eigenvalue weighted by molar-refractivity contribution is 5.89. The molecule has 2 aliphatic rings. The van der Waals surface area contributed by atoms with Crippen molar-refractivity contribution < 1.29 is 14.3 Å². The topological polar surface area (TPSA) is 61.3 Å². The van der Waals surface area contributed by atoms with Crippen LogP contribution in [-0.4, -0.2) is 23.0 Å². The predicted octanol–water partition coefficient (Wildman–Crippen LogP) is 4.95. The first-order valence-electron chi connectivity index (χ1n) is 10.9. The van der Waals surface area contributed by atoms with E-state index in [1.807, 2.05) is 12.1 Å². The van der Waals surface area contributed by atoms with Gasteiger partial charge in [-0.25, -0.2) is 14.8 Å². The molecule has 5 heteroatoms. The van der Waals surface area contributed by atoms with E-state index in [0.717, 1.165) is 18.1 Å². The molecule has 2 aliphatic carbocycles. The Kier molecular flexibility index (Phi) is 5.18. The van der Waals surface area contributed by atoms with Gasteiger partial charge in [-0.15, -0.1) is 0 Å². The number of hydrogen-bond acceptors (Lipinski definition) is 5. The van der Waals surface area contributed by atoms with E-state index in [-0.39, 0.29) is 11.4 Å². The van der Waals surface area contributed by atoms with Crippen molar-refractivity contribution in [3.63, 3.8) is 0 Å². The summed E-state index contributed by atoms with van der Waals surface area (Å²) in [6.45, 7) is 0.352. The van der Waals surface area contributed by atoms with Crippen LogP contribution in [0.25, 0.3) is 0 Å². The molecule has 31 heavy (non-hydrogen) atoms. The van der Waals surface area contributed by atoms with Crippen LogP contribution in [0.1, 0.15) is 53.0 Å². The molecular formula is C26H26N2O3. The highest BCUT2D eigenvalue weighted by Crippen LogP contribution is 2.60. The molecule has 0 N–H and O–H groups in total. The fraction of sp³-hybridized carbons (Fsp3) is 0.346. The van der Waals surface area contributed by atoms with Crippen molar-refractivity contribution >= 4 is 5.97 Å². The first-order valence-corrected chi connectivity index (χ1v) is 10.9. The fourth-order valence-electron chi connectivity index (χ4n) is 5.63.